The van der Waals surface area contributed by atoms with Gasteiger partial charge in [0, 0.05) is 0 Å². The van der Waals surface area contributed by atoms with Crippen molar-refractivity contribution in [3.63, 3.8) is 0 Å². The van der Waals surface area contributed by atoms with Crippen LogP contribution in [0.4, 0.5) is 0 Å². The lowest BCUT2D eigenvalue weighted by Gasteiger charge is -2.40. The molecule has 11 heteroatoms. The summed E-state index contributed by atoms with van der Waals surface area (Å²) in [5.74, 6) is -0.702. The number of aliphatic hydroxyl groups excluding tert-OH is 7. The summed E-state index contributed by atoms with van der Waals surface area (Å²) in [7, 11) is 0. The van der Waals surface area contributed by atoms with Crippen LogP contribution < -0.4 is 5.32 Å². The fraction of sp³-hybridized carbons (Fsp3) is 0.947. The van der Waals surface area contributed by atoms with Crippen LogP contribution in [-0.4, -0.2) is 110 Å². The van der Waals surface area contributed by atoms with E-state index in [1.165, 1.54) is 199 Å². The van der Waals surface area contributed by atoms with Crippen LogP contribution in [0.3, 0.4) is 0 Å². The number of aliphatic hydroxyl groups is 7. The summed E-state index contributed by atoms with van der Waals surface area (Å²) in [5, 5.41) is 75.8. The van der Waals surface area contributed by atoms with Crippen molar-refractivity contribution in [3.05, 3.63) is 12.2 Å². The number of rotatable bonds is 50. The number of nitrogens with one attached hydrogen (secondary N) is 1. The predicted molar refractivity (Wildman–Crippen MR) is 279 cm³/mol. The molecule has 0 aliphatic carbocycles. The van der Waals surface area contributed by atoms with Crippen LogP contribution in [0.2, 0.25) is 0 Å². The van der Waals surface area contributed by atoms with Gasteiger partial charge in [-0.1, -0.05) is 251 Å². The van der Waals surface area contributed by atoms with Crippen LogP contribution in [0.5, 0.6) is 0 Å². The van der Waals surface area contributed by atoms with Crippen LogP contribution in [0.15, 0.2) is 12.2 Å². The molecule has 68 heavy (non-hydrogen) atoms. The Hall–Kier alpha value is -1.15. The van der Waals surface area contributed by atoms with E-state index in [9.17, 15) is 40.5 Å². The monoisotopic (exact) mass is 970 g/mol. The minimum absolute atomic E-state index is 0.259. The first-order chi connectivity index (χ1) is 33.2. The van der Waals surface area contributed by atoms with Gasteiger partial charge in [-0.05, 0) is 38.5 Å². The molecule has 0 spiro atoms. The second-order valence-corrected chi connectivity index (χ2v) is 20.7. The van der Waals surface area contributed by atoms with Gasteiger partial charge in [-0.25, -0.2) is 0 Å². The molecule has 0 radical (unpaired) electrons. The van der Waals surface area contributed by atoms with Crippen LogP contribution >= 0.6 is 0 Å². The summed E-state index contributed by atoms with van der Waals surface area (Å²) >= 11 is 0. The SMILES string of the molecule is CCCCCCCC/C=C/CCCC(O)C(O)C(COC1OC(CO)C(O)C(O)C1O)NC(=O)C(O)CCCCCCCCCCCCCCCCCCCCCCCCCCCCCCCC. The molecule has 1 rings (SSSR count). The number of hydrogen-bond acceptors (Lipinski definition) is 10. The number of allylic oxidation sites excluding steroid dienone is 2. The van der Waals surface area contributed by atoms with Gasteiger partial charge < -0.3 is 50.5 Å². The second kappa shape index (κ2) is 46.9. The summed E-state index contributed by atoms with van der Waals surface area (Å²) in [6.45, 7) is 3.44. The summed E-state index contributed by atoms with van der Waals surface area (Å²) in [6, 6.07) is -1.18. The topological polar surface area (TPSA) is 189 Å². The summed E-state index contributed by atoms with van der Waals surface area (Å²) < 4.78 is 11.1. The molecule has 1 saturated heterocycles. The highest BCUT2D eigenvalue weighted by Crippen LogP contribution is 2.23. The van der Waals surface area contributed by atoms with Crippen molar-refractivity contribution in [1.82, 2.24) is 5.32 Å². The summed E-state index contributed by atoms with van der Waals surface area (Å²) in [6.07, 6.45) is 43.0. The largest absolute Gasteiger partial charge is 0.394 e. The first-order valence-corrected chi connectivity index (χ1v) is 29.1. The molecule has 1 aliphatic heterocycles. The van der Waals surface area contributed by atoms with Gasteiger partial charge in [-0.2, -0.15) is 0 Å². The maximum absolute atomic E-state index is 13.1. The highest BCUT2D eigenvalue weighted by atomic mass is 16.7. The van der Waals surface area contributed by atoms with Crippen LogP contribution in [0, 0.1) is 0 Å². The first kappa shape index (κ1) is 64.9. The van der Waals surface area contributed by atoms with Crippen LogP contribution in [0.25, 0.3) is 0 Å². The normalized spacial score (nSPS) is 20.5. The van der Waals surface area contributed by atoms with Gasteiger partial charge in [-0.3, -0.25) is 4.79 Å². The van der Waals surface area contributed by atoms with Crippen molar-refractivity contribution in [1.29, 1.82) is 0 Å². The third kappa shape index (κ3) is 35.1. The van der Waals surface area contributed by atoms with Crippen molar-refractivity contribution in [2.24, 2.45) is 0 Å². The molecule has 9 unspecified atom stereocenters. The number of ether oxygens (including phenoxy) is 2. The lowest BCUT2D eigenvalue weighted by Crippen LogP contribution is -2.60. The predicted octanol–water partition coefficient (Wildman–Crippen LogP) is 12.0. The third-order valence-electron chi connectivity index (χ3n) is 14.3. The van der Waals surface area contributed by atoms with Gasteiger partial charge in [0.1, 0.15) is 36.6 Å². The Bertz CT molecular complexity index is 1110. The van der Waals surface area contributed by atoms with E-state index in [1.54, 1.807) is 0 Å². The lowest BCUT2D eigenvalue weighted by atomic mass is 9.98. The van der Waals surface area contributed by atoms with E-state index in [4.69, 9.17) is 9.47 Å². The number of carbonyl (C=O) groups is 1. The summed E-state index contributed by atoms with van der Waals surface area (Å²) in [5.41, 5.74) is 0. The van der Waals surface area contributed by atoms with Gasteiger partial charge in [0.2, 0.25) is 5.91 Å². The number of carbonyl (C=O) groups excluding carboxylic acids is 1. The van der Waals surface area contributed by atoms with E-state index in [0.717, 1.165) is 38.5 Å². The van der Waals surface area contributed by atoms with E-state index < -0.39 is 74.2 Å². The van der Waals surface area contributed by atoms with Crippen molar-refractivity contribution in [2.45, 2.75) is 332 Å². The molecule has 8 N–H and O–H groups in total. The molecule has 404 valence electrons. The van der Waals surface area contributed by atoms with Gasteiger partial charge in [-0.15, -0.1) is 0 Å². The smallest absolute Gasteiger partial charge is 0.249 e. The molecule has 0 aromatic rings. The van der Waals surface area contributed by atoms with E-state index in [0.29, 0.717) is 12.8 Å². The molecule has 11 nitrogen and oxygen atoms in total. The maximum Gasteiger partial charge on any atom is 0.249 e. The quantitative estimate of drug-likeness (QED) is 0.0215. The third-order valence-corrected chi connectivity index (χ3v) is 14.3. The molecule has 0 aromatic heterocycles. The van der Waals surface area contributed by atoms with Crippen LogP contribution in [-0.2, 0) is 14.3 Å². The molecule has 0 aromatic carbocycles. The average molecular weight is 971 g/mol. The number of unbranched alkanes of at least 4 members (excludes halogenated alkanes) is 36. The standard InChI is InChI=1S/C57H111NO10/c1-3-5-7-9-11-13-15-16-17-18-19-20-21-22-23-24-25-26-27-28-29-30-31-32-33-35-37-39-41-43-45-50(61)56(66)58-48(47-67-57-55(65)54(64)53(63)51(46-59)68-57)52(62)49(60)44-42-40-38-36-34-14-12-10-8-6-4-2/h36,38,48-55,57,59-65H,3-35,37,39-47H2,1-2H3,(H,58,66)/b38-36+. The number of amides is 1. The molecular formula is C57H111NO10. The Kier molecular flexibility index (Phi) is 44.7. The van der Waals surface area contributed by atoms with Crippen molar-refractivity contribution < 1.29 is 50.0 Å². The van der Waals surface area contributed by atoms with Crippen molar-refractivity contribution in [2.75, 3.05) is 13.2 Å². The fourth-order valence-electron chi connectivity index (χ4n) is 9.56. The molecule has 1 amide bonds. The van der Waals surface area contributed by atoms with Crippen LogP contribution in [0.1, 0.15) is 277 Å². The van der Waals surface area contributed by atoms with Gasteiger partial charge in [0.05, 0.1) is 25.4 Å². The van der Waals surface area contributed by atoms with E-state index >= 15 is 0 Å². The maximum atomic E-state index is 13.1. The van der Waals surface area contributed by atoms with Gasteiger partial charge >= 0.3 is 0 Å². The minimum atomic E-state index is -1.66. The molecule has 9 atom stereocenters. The fourth-order valence-corrected chi connectivity index (χ4v) is 9.56. The van der Waals surface area contributed by atoms with Crippen molar-refractivity contribution in [3.8, 4) is 0 Å². The molecule has 1 aliphatic rings. The zero-order chi connectivity index (χ0) is 49.7. The first-order valence-electron chi connectivity index (χ1n) is 29.1. The van der Waals surface area contributed by atoms with Gasteiger partial charge in [0.25, 0.3) is 0 Å². The Labute approximate surface area is 417 Å². The zero-order valence-corrected chi connectivity index (χ0v) is 44.1. The summed E-state index contributed by atoms with van der Waals surface area (Å²) in [4.78, 5) is 13.1. The lowest BCUT2D eigenvalue weighted by molar-refractivity contribution is -0.303. The van der Waals surface area contributed by atoms with E-state index in [2.05, 4.69) is 31.3 Å². The van der Waals surface area contributed by atoms with E-state index in [1.807, 2.05) is 0 Å². The average Bonchev–Trinajstić information content (AvgIpc) is 3.34. The Balaban J connectivity index is 2.19. The van der Waals surface area contributed by atoms with Gasteiger partial charge in [0.15, 0.2) is 6.29 Å². The molecule has 0 bridgehead atoms. The van der Waals surface area contributed by atoms with Crippen molar-refractivity contribution >= 4 is 5.91 Å². The molecule has 1 fully saturated rings. The molecule has 0 saturated carbocycles. The highest BCUT2D eigenvalue weighted by molar-refractivity contribution is 5.80. The molecular weight excluding hydrogens is 859 g/mol. The highest BCUT2D eigenvalue weighted by Gasteiger charge is 2.44. The minimum Gasteiger partial charge on any atom is -0.394 e. The Morgan fingerprint density at radius 1 is 0.500 bits per heavy atom. The Morgan fingerprint density at radius 3 is 1.26 bits per heavy atom. The van der Waals surface area contributed by atoms with E-state index in [-0.39, 0.29) is 12.8 Å². The Morgan fingerprint density at radius 2 is 0.868 bits per heavy atom. The zero-order valence-electron chi connectivity index (χ0n) is 44.1. The number of hydrogen-bond donors (Lipinski definition) is 8. The second-order valence-electron chi connectivity index (χ2n) is 20.7. The molecule has 1 heterocycles.